The summed E-state index contributed by atoms with van der Waals surface area (Å²) in [6.45, 7) is 3.24. The summed E-state index contributed by atoms with van der Waals surface area (Å²) in [4.78, 5) is 0. The minimum absolute atomic E-state index is 0.502. The molecule has 7 heteroatoms. The zero-order valence-electron chi connectivity index (χ0n) is 12.4. The third-order valence-corrected chi connectivity index (χ3v) is 5.92. The Bertz CT molecular complexity index is 588. The minimum Gasteiger partial charge on any atom is -0.314 e. The van der Waals surface area contributed by atoms with E-state index in [1.165, 1.54) is 17.1 Å². The maximum Gasteiger partial charge on any atom is 0.301 e. The molecule has 0 saturated heterocycles. The number of nitrogens with zero attached hydrogens (tertiary/aromatic N) is 1. The van der Waals surface area contributed by atoms with Gasteiger partial charge in [0.2, 0.25) is 0 Å². The quantitative estimate of drug-likeness (QED) is 0.686. The third-order valence-electron chi connectivity index (χ3n) is 3.58. The van der Waals surface area contributed by atoms with Crippen molar-refractivity contribution in [1.29, 1.82) is 0 Å². The number of anilines is 1. The van der Waals surface area contributed by atoms with Crippen LogP contribution in [0.5, 0.6) is 0 Å². The largest absolute Gasteiger partial charge is 0.314 e. The van der Waals surface area contributed by atoms with Crippen LogP contribution in [0.2, 0.25) is 0 Å². The predicted molar refractivity (Wildman–Crippen MR) is 89.7 cm³/mol. The summed E-state index contributed by atoms with van der Waals surface area (Å²) in [6.07, 6.45) is 3.31. The zero-order valence-corrected chi connectivity index (χ0v) is 14.8. The number of nitrogens with one attached hydrogen (secondary N) is 2. The smallest absolute Gasteiger partial charge is 0.301 e. The second-order valence-electron chi connectivity index (χ2n) is 5.42. The molecule has 5 nitrogen and oxygen atoms in total. The van der Waals surface area contributed by atoms with Crippen molar-refractivity contribution in [2.45, 2.75) is 32.2 Å². The molecule has 2 rings (SSSR count). The van der Waals surface area contributed by atoms with Crippen LogP contribution in [0.4, 0.5) is 5.69 Å². The van der Waals surface area contributed by atoms with E-state index in [0.29, 0.717) is 18.3 Å². The van der Waals surface area contributed by atoms with E-state index < -0.39 is 10.2 Å². The second-order valence-corrected chi connectivity index (χ2v) is 8.05. The summed E-state index contributed by atoms with van der Waals surface area (Å²) in [7, 11) is -1.90. The number of hydrogen-bond acceptors (Lipinski definition) is 3. The monoisotopic (exact) mass is 375 g/mol. The van der Waals surface area contributed by atoms with Gasteiger partial charge < -0.3 is 5.32 Å². The Morgan fingerprint density at radius 3 is 2.76 bits per heavy atom. The van der Waals surface area contributed by atoms with Crippen molar-refractivity contribution in [2.75, 3.05) is 24.9 Å². The van der Waals surface area contributed by atoms with Crippen molar-refractivity contribution >= 4 is 31.8 Å². The molecular formula is C14H22BrN3O2S. The molecule has 1 aliphatic rings. The number of benzene rings is 1. The maximum absolute atomic E-state index is 12.3. The maximum atomic E-state index is 12.3. The minimum atomic E-state index is -3.50. The van der Waals surface area contributed by atoms with Crippen LogP contribution in [0.3, 0.4) is 0 Å². The van der Waals surface area contributed by atoms with E-state index in [1.54, 1.807) is 13.1 Å². The molecule has 21 heavy (non-hydrogen) atoms. The van der Waals surface area contributed by atoms with Crippen LogP contribution in [0.25, 0.3) is 0 Å². The van der Waals surface area contributed by atoms with Crippen molar-refractivity contribution in [1.82, 2.24) is 9.62 Å². The van der Waals surface area contributed by atoms with Gasteiger partial charge in [-0.05, 0) is 50.4 Å². The first-order chi connectivity index (χ1) is 9.90. The molecule has 0 spiro atoms. The molecule has 0 aliphatic heterocycles. The van der Waals surface area contributed by atoms with Crippen LogP contribution in [0.15, 0.2) is 22.7 Å². The van der Waals surface area contributed by atoms with Crippen molar-refractivity contribution in [3.05, 3.63) is 28.2 Å². The molecule has 0 radical (unpaired) electrons. The van der Waals surface area contributed by atoms with Gasteiger partial charge in [0.1, 0.15) is 0 Å². The highest BCUT2D eigenvalue weighted by molar-refractivity contribution is 9.10. The Labute approximate surface area is 135 Å². The molecule has 1 aromatic carbocycles. The lowest BCUT2D eigenvalue weighted by Crippen LogP contribution is -2.34. The number of halogens is 1. The highest BCUT2D eigenvalue weighted by atomic mass is 79.9. The van der Waals surface area contributed by atoms with Gasteiger partial charge in [-0.1, -0.05) is 22.0 Å². The van der Waals surface area contributed by atoms with Gasteiger partial charge in [0.15, 0.2) is 0 Å². The van der Waals surface area contributed by atoms with Gasteiger partial charge in [-0.2, -0.15) is 12.7 Å². The van der Waals surface area contributed by atoms with Gasteiger partial charge in [-0.25, -0.2) is 0 Å². The molecule has 0 unspecified atom stereocenters. The average Bonchev–Trinajstić information content (AvgIpc) is 3.23. The number of rotatable bonds is 8. The van der Waals surface area contributed by atoms with E-state index in [1.807, 2.05) is 19.1 Å². The van der Waals surface area contributed by atoms with Crippen molar-refractivity contribution < 1.29 is 8.42 Å². The van der Waals surface area contributed by atoms with Crippen LogP contribution in [-0.2, 0) is 10.2 Å². The fraction of sp³-hybridized carbons (Fsp3) is 0.571. The lowest BCUT2D eigenvalue weighted by molar-refractivity contribution is 0.458. The van der Waals surface area contributed by atoms with Crippen molar-refractivity contribution in [3.63, 3.8) is 0 Å². The molecule has 1 fully saturated rings. The summed E-state index contributed by atoms with van der Waals surface area (Å²) in [5.74, 6) is 0. The molecule has 2 N–H and O–H groups in total. The molecule has 118 valence electrons. The standard InChI is InChI=1S/C14H22BrN3O2S/c1-11-13(15)5-3-6-14(11)17-21(19,20)18(2)10-4-9-16-12-7-8-12/h3,5-6,12,16-17H,4,7-10H2,1-2H3. The van der Waals surface area contributed by atoms with Gasteiger partial charge >= 0.3 is 10.2 Å². The van der Waals surface area contributed by atoms with Crippen LogP contribution < -0.4 is 10.0 Å². The lowest BCUT2D eigenvalue weighted by Gasteiger charge is -2.19. The fourth-order valence-corrected chi connectivity index (χ4v) is 3.34. The van der Waals surface area contributed by atoms with Crippen LogP contribution in [0, 0.1) is 6.92 Å². The molecule has 1 saturated carbocycles. The molecule has 1 aliphatic carbocycles. The molecule has 0 amide bonds. The van der Waals surface area contributed by atoms with E-state index in [9.17, 15) is 8.42 Å². The Morgan fingerprint density at radius 1 is 1.38 bits per heavy atom. The topological polar surface area (TPSA) is 61.4 Å². The molecular weight excluding hydrogens is 354 g/mol. The summed E-state index contributed by atoms with van der Waals surface area (Å²) in [5.41, 5.74) is 1.48. The van der Waals surface area contributed by atoms with Gasteiger partial charge in [-0.15, -0.1) is 0 Å². The van der Waals surface area contributed by atoms with Crippen molar-refractivity contribution in [3.8, 4) is 0 Å². The van der Waals surface area contributed by atoms with E-state index in [-0.39, 0.29) is 0 Å². The Hall–Kier alpha value is -0.630. The Morgan fingerprint density at radius 2 is 2.10 bits per heavy atom. The van der Waals surface area contributed by atoms with Crippen LogP contribution in [0.1, 0.15) is 24.8 Å². The molecule has 0 atom stereocenters. The predicted octanol–water partition coefficient (Wildman–Crippen LogP) is 2.49. The number of hydrogen-bond donors (Lipinski definition) is 2. The van der Waals surface area contributed by atoms with E-state index in [0.717, 1.165) is 23.0 Å². The summed E-state index contributed by atoms with van der Waals surface area (Å²) in [6, 6.07) is 6.13. The van der Waals surface area contributed by atoms with E-state index in [4.69, 9.17) is 0 Å². The van der Waals surface area contributed by atoms with E-state index >= 15 is 0 Å². The average molecular weight is 376 g/mol. The summed E-state index contributed by atoms with van der Waals surface area (Å²) in [5, 5.41) is 3.38. The van der Waals surface area contributed by atoms with E-state index in [2.05, 4.69) is 26.0 Å². The zero-order chi connectivity index (χ0) is 15.5. The molecule has 0 aromatic heterocycles. The van der Waals surface area contributed by atoms with Gasteiger partial charge in [0.25, 0.3) is 0 Å². The first kappa shape index (κ1) is 16.7. The van der Waals surface area contributed by atoms with Crippen LogP contribution in [-0.4, -0.2) is 38.9 Å². The van der Waals surface area contributed by atoms with Gasteiger partial charge in [0, 0.05) is 24.1 Å². The SMILES string of the molecule is Cc1c(Br)cccc1NS(=O)(=O)N(C)CCCNC1CC1. The normalized spacial score (nSPS) is 15.4. The fourth-order valence-electron chi connectivity index (χ4n) is 1.95. The first-order valence-electron chi connectivity index (χ1n) is 7.13. The van der Waals surface area contributed by atoms with Gasteiger partial charge in [0.05, 0.1) is 5.69 Å². The summed E-state index contributed by atoms with van der Waals surface area (Å²) < 4.78 is 29.5. The van der Waals surface area contributed by atoms with Crippen LogP contribution >= 0.6 is 15.9 Å². The molecule has 1 aromatic rings. The molecule has 0 heterocycles. The highest BCUT2D eigenvalue weighted by Crippen LogP contribution is 2.24. The second kappa shape index (κ2) is 7.09. The van der Waals surface area contributed by atoms with Crippen molar-refractivity contribution in [2.24, 2.45) is 0 Å². The lowest BCUT2D eigenvalue weighted by atomic mass is 10.2. The Kier molecular flexibility index (Phi) is 5.65. The molecule has 0 bridgehead atoms. The summed E-state index contributed by atoms with van der Waals surface area (Å²) >= 11 is 3.40. The highest BCUT2D eigenvalue weighted by Gasteiger charge is 2.21. The Balaban J connectivity index is 1.88. The third kappa shape index (κ3) is 4.95. The first-order valence-corrected chi connectivity index (χ1v) is 9.36. The van der Waals surface area contributed by atoms with Gasteiger partial charge in [-0.3, -0.25) is 4.72 Å².